The van der Waals surface area contributed by atoms with Gasteiger partial charge in [0, 0.05) is 30.6 Å². The van der Waals surface area contributed by atoms with Gasteiger partial charge in [0.05, 0.1) is 15.7 Å². The molecular weight excluding hydrogens is 436 g/mol. The minimum absolute atomic E-state index is 0.159. The smallest absolute Gasteiger partial charge is 0.244 e. The Bertz CT molecular complexity index is 1200. The van der Waals surface area contributed by atoms with E-state index in [9.17, 15) is 13.2 Å². The second-order valence-electron chi connectivity index (χ2n) is 7.73. The van der Waals surface area contributed by atoms with Gasteiger partial charge in [-0.15, -0.1) is 11.3 Å². The quantitative estimate of drug-likeness (QED) is 0.621. The van der Waals surface area contributed by atoms with Crippen molar-refractivity contribution < 1.29 is 17.7 Å². The van der Waals surface area contributed by atoms with E-state index in [1.54, 1.807) is 19.9 Å². The van der Waals surface area contributed by atoms with Gasteiger partial charge in [-0.1, -0.05) is 22.9 Å². The molecule has 164 valence electrons. The second-order valence-corrected chi connectivity index (χ2v) is 10.9. The lowest BCUT2D eigenvalue weighted by Gasteiger charge is -2.31. The van der Waals surface area contributed by atoms with Crippen LogP contribution in [0.3, 0.4) is 0 Å². The summed E-state index contributed by atoms with van der Waals surface area (Å²) in [4.78, 5) is 18.5. The number of anilines is 1. The molecule has 10 heteroatoms. The maximum atomic E-state index is 13.4. The molecule has 0 saturated carbocycles. The van der Waals surface area contributed by atoms with E-state index in [1.807, 2.05) is 31.2 Å². The van der Waals surface area contributed by atoms with Crippen LogP contribution < -0.4 is 5.32 Å². The first-order valence-electron chi connectivity index (χ1n) is 10.0. The normalized spacial score (nSPS) is 17.6. The summed E-state index contributed by atoms with van der Waals surface area (Å²) in [5, 5.41) is 6.78. The highest BCUT2D eigenvalue weighted by atomic mass is 32.2. The highest BCUT2D eigenvalue weighted by molar-refractivity contribution is 7.89. The molecule has 4 rings (SSSR count). The summed E-state index contributed by atoms with van der Waals surface area (Å²) in [5.41, 5.74) is 1.82. The van der Waals surface area contributed by atoms with Crippen molar-refractivity contribution in [1.29, 1.82) is 0 Å². The number of benzene rings is 1. The van der Waals surface area contributed by atoms with E-state index < -0.39 is 15.9 Å². The van der Waals surface area contributed by atoms with E-state index >= 15 is 0 Å². The molecule has 31 heavy (non-hydrogen) atoms. The van der Waals surface area contributed by atoms with Crippen LogP contribution in [0.1, 0.15) is 29.2 Å². The third-order valence-corrected chi connectivity index (χ3v) is 8.48. The SMILES string of the molecule is Cc1ccc(NC(=O)C2CCCN(S(=O)(=O)c3cc(-c4noc(C)n4)sc3C)C2)cc1. The zero-order valence-electron chi connectivity index (χ0n) is 17.6. The van der Waals surface area contributed by atoms with Gasteiger partial charge in [0.2, 0.25) is 27.6 Å². The Balaban J connectivity index is 1.51. The van der Waals surface area contributed by atoms with E-state index in [-0.39, 0.29) is 17.3 Å². The Labute approximate surface area is 185 Å². The Kier molecular flexibility index (Phi) is 5.96. The van der Waals surface area contributed by atoms with Gasteiger partial charge in [-0.25, -0.2) is 8.42 Å². The molecule has 1 N–H and O–H groups in total. The van der Waals surface area contributed by atoms with Crippen molar-refractivity contribution in [3.05, 3.63) is 46.7 Å². The molecule has 1 saturated heterocycles. The van der Waals surface area contributed by atoms with Crippen LogP contribution in [0.5, 0.6) is 0 Å². The lowest BCUT2D eigenvalue weighted by molar-refractivity contribution is -0.120. The predicted molar refractivity (Wildman–Crippen MR) is 118 cm³/mol. The van der Waals surface area contributed by atoms with E-state index in [2.05, 4.69) is 15.5 Å². The summed E-state index contributed by atoms with van der Waals surface area (Å²) in [5.74, 6) is 0.238. The molecule has 1 aliphatic heterocycles. The van der Waals surface area contributed by atoms with E-state index in [0.717, 1.165) is 5.56 Å². The number of nitrogens with one attached hydrogen (secondary N) is 1. The van der Waals surface area contributed by atoms with Gasteiger partial charge in [-0.3, -0.25) is 4.79 Å². The topological polar surface area (TPSA) is 105 Å². The average molecular weight is 461 g/mol. The molecule has 0 spiro atoms. The van der Waals surface area contributed by atoms with Crippen LogP contribution >= 0.6 is 11.3 Å². The number of sulfonamides is 1. The van der Waals surface area contributed by atoms with E-state index in [1.165, 1.54) is 15.6 Å². The molecule has 0 bridgehead atoms. The summed E-state index contributed by atoms with van der Waals surface area (Å²) in [6, 6.07) is 9.14. The first-order chi connectivity index (χ1) is 14.7. The number of piperidine rings is 1. The molecule has 0 aliphatic carbocycles. The van der Waals surface area contributed by atoms with Gasteiger partial charge in [-0.05, 0) is 44.9 Å². The fraction of sp³-hybridized carbons (Fsp3) is 0.381. The largest absolute Gasteiger partial charge is 0.339 e. The third kappa shape index (κ3) is 4.56. The Morgan fingerprint density at radius 3 is 2.65 bits per heavy atom. The zero-order valence-corrected chi connectivity index (χ0v) is 19.2. The monoisotopic (exact) mass is 460 g/mol. The van der Waals surface area contributed by atoms with Crippen molar-refractivity contribution >= 4 is 33.0 Å². The van der Waals surface area contributed by atoms with Crippen LogP contribution in [0, 0.1) is 26.7 Å². The number of carbonyl (C=O) groups is 1. The van der Waals surface area contributed by atoms with Gasteiger partial charge in [0.25, 0.3) is 0 Å². The molecule has 1 aliphatic rings. The van der Waals surface area contributed by atoms with Crippen LogP contribution in [-0.4, -0.2) is 41.9 Å². The van der Waals surface area contributed by atoms with Gasteiger partial charge in [0.15, 0.2) is 0 Å². The molecule has 1 amide bonds. The Morgan fingerprint density at radius 1 is 1.23 bits per heavy atom. The summed E-state index contributed by atoms with van der Waals surface area (Å²) in [6.45, 7) is 5.98. The highest BCUT2D eigenvalue weighted by Crippen LogP contribution is 2.35. The average Bonchev–Trinajstić information content (AvgIpc) is 3.35. The summed E-state index contributed by atoms with van der Waals surface area (Å²) in [7, 11) is -3.74. The molecule has 1 unspecified atom stereocenters. The third-order valence-electron chi connectivity index (χ3n) is 5.31. The van der Waals surface area contributed by atoms with Crippen LogP contribution in [-0.2, 0) is 14.8 Å². The number of carbonyl (C=O) groups excluding carboxylic acids is 1. The molecule has 3 heterocycles. The molecule has 2 aromatic heterocycles. The van der Waals surface area contributed by atoms with Gasteiger partial charge in [0.1, 0.15) is 0 Å². The number of rotatable bonds is 5. The van der Waals surface area contributed by atoms with Crippen molar-refractivity contribution in [3.63, 3.8) is 0 Å². The van der Waals surface area contributed by atoms with Crippen molar-refractivity contribution in [3.8, 4) is 10.7 Å². The number of hydrogen-bond donors (Lipinski definition) is 1. The van der Waals surface area contributed by atoms with Crippen molar-refractivity contribution in [2.45, 2.75) is 38.5 Å². The standard InChI is InChI=1S/C21H24N4O4S2/c1-13-6-8-17(9-7-13)23-21(26)16-5-4-10-25(12-16)31(27,28)19-11-18(30-14(19)2)20-22-15(3)29-24-20/h6-9,11,16H,4-5,10,12H2,1-3H3,(H,23,26). The second kappa shape index (κ2) is 8.52. The lowest BCUT2D eigenvalue weighted by atomic mass is 9.98. The van der Waals surface area contributed by atoms with Crippen molar-refractivity contribution in [2.75, 3.05) is 18.4 Å². The number of aromatic nitrogens is 2. The van der Waals surface area contributed by atoms with Crippen molar-refractivity contribution in [2.24, 2.45) is 5.92 Å². The summed E-state index contributed by atoms with van der Waals surface area (Å²) >= 11 is 1.31. The van der Waals surface area contributed by atoms with E-state index in [4.69, 9.17) is 4.52 Å². The van der Waals surface area contributed by atoms with Gasteiger partial charge < -0.3 is 9.84 Å². The van der Waals surface area contributed by atoms with Crippen LogP contribution in [0.25, 0.3) is 10.7 Å². The molecule has 1 fully saturated rings. The van der Waals surface area contributed by atoms with Crippen LogP contribution in [0.4, 0.5) is 5.69 Å². The first kappa shape index (κ1) is 21.7. The number of aryl methyl sites for hydroxylation is 3. The number of nitrogens with zero attached hydrogens (tertiary/aromatic N) is 3. The molecule has 1 aromatic carbocycles. The van der Waals surface area contributed by atoms with Gasteiger partial charge in [-0.2, -0.15) is 9.29 Å². The minimum Gasteiger partial charge on any atom is -0.339 e. The fourth-order valence-electron chi connectivity index (χ4n) is 3.63. The fourth-order valence-corrected chi connectivity index (χ4v) is 6.64. The maximum Gasteiger partial charge on any atom is 0.244 e. The van der Waals surface area contributed by atoms with Crippen LogP contribution in [0.2, 0.25) is 0 Å². The Morgan fingerprint density at radius 2 is 1.97 bits per heavy atom. The lowest BCUT2D eigenvalue weighted by Crippen LogP contribution is -2.43. The minimum atomic E-state index is -3.74. The molecular formula is C21H24N4O4S2. The predicted octanol–water partition coefficient (Wildman–Crippen LogP) is 3.76. The summed E-state index contributed by atoms with van der Waals surface area (Å²) in [6.07, 6.45) is 1.28. The number of amides is 1. The molecule has 1 atom stereocenters. The zero-order chi connectivity index (χ0) is 22.2. The molecule has 0 radical (unpaired) electrons. The number of hydrogen-bond acceptors (Lipinski definition) is 7. The summed E-state index contributed by atoms with van der Waals surface area (Å²) < 4.78 is 33.1. The Hall–Kier alpha value is -2.56. The number of thiophene rings is 1. The molecule has 3 aromatic rings. The molecule has 8 nitrogen and oxygen atoms in total. The maximum absolute atomic E-state index is 13.4. The van der Waals surface area contributed by atoms with Crippen molar-refractivity contribution in [1.82, 2.24) is 14.4 Å². The first-order valence-corrected chi connectivity index (χ1v) is 12.3. The van der Waals surface area contributed by atoms with E-state index in [0.29, 0.717) is 46.5 Å². The highest BCUT2D eigenvalue weighted by Gasteiger charge is 2.35. The van der Waals surface area contributed by atoms with Crippen LogP contribution in [0.15, 0.2) is 39.8 Å². The van der Waals surface area contributed by atoms with Gasteiger partial charge >= 0.3 is 0 Å².